The van der Waals surface area contributed by atoms with E-state index in [2.05, 4.69) is 15.3 Å². The van der Waals surface area contributed by atoms with Gasteiger partial charge in [0.15, 0.2) is 0 Å². The second kappa shape index (κ2) is 6.48. The third-order valence-corrected chi connectivity index (χ3v) is 4.37. The molecule has 0 aliphatic rings. The van der Waals surface area contributed by atoms with Gasteiger partial charge in [0.25, 0.3) is 0 Å². The van der Waals surface area contributed by atoms with E-state index in [-0.39, 0.29) is 18.1 Å². The van der Waals surface area contributed by atoms with Crippen molar-refractivity contribution in [1.29, 1.82) is 0 Å². The SMILES string of the molecule is Cc1[nH]c2ccc(F)cc2c1CC(=O)Nc1ccc(-n2ccnc2)cc1. The molecule has 0 saturated heterocycles. The Balaban J connectivity index is 1.51. The lowest BCUT2D eigenvalue weighted by molar-refractivity contribution is -0.115. The van der Waals surface area contributed by atoms with Crippen molar-refractivity contribution in [2.24, 2.45) is 0 Å². The van der Waals surface area contributed by atoms with E-state index in [0.29, 0.717) is 5.69 Å². The molecule has 2 heterocycles. The number of carbonyl (C=O) groups is 1. The number of nitrogens with one attached hydrogen (secondary N) is 2. The van der Waals surface area contributed by atoms with Gasteiger partial charge in [-0.1, -0.05) is 0 Å². The van der Waals surface area contributed by atoms with Gasteiger partial charge in [0.05, 0.1) is 12.7 Å². The monoisotopic (exact) mass is 348 g/mol. The van der Waals surface area contributed by atoms with Crippen molar-refractivity contribution in [3.8, 4) is 5.69 Å². The summed E-state index contributed by atoms with van der Waals surface area (Å²) in [5, 5.41) is 3.63. The first-order valence-corrected chi connectivity index (χ1v) is 8.25. The zero-order chi connectivity index (χ0) is 18.1. The number of aryl methyl sites for hydroxylation is 1. The maximum absolute atomic E-state index is 13.5. The van der Waals surface area contributed by atoms with Gasteiger partial charge in [-0.3, -0.25) is 4.79 Å². The van der Waals surface area contributed by atoms with Gasteiger partial charge in [0.1, 0.15) is 5.82 Å². The number of imidazole rings is 1. The van der Waals surface area contributed by atoms with Crippen molar-refractivity contribution in [2.45, 2.75) is 13.3 Å². The van der Waals surface area contributed by atoms with Crippen LogP contribution < -0.4 is 5.32 Å². The molecular weight excluding hydrogens is 331 g/mol. The second-order valence-corrected chi connectivity index (χ2v) is 6.16. The van der Waals surface area contributed by atoms with Gasteiger partial charge in [-0.15, -0.1) is 0 Å². The van der Waals surface area contributed by atoms with Crippen molar-refractivity contribution in [3.63, 3.8) is 0 Å². The summed E-state index contributed by atoms with van der Waals surface area (Å²) in [7, 11) is 0. The van der Waals surface area contributed by atoms with E-state index >= 15 is 0 Å². The molecule has 26 heavy (non-hydrogen) atoms. The summed E-state index contributed by atoms with van der Waals surface area (Å²) in [6, 6.07) is 12.1. The molecule has 0 aliphatic carbocycles. The van der Waals surface area contributed by atoms with Crippen molar-refractivity contribution >= 4 is 22.5 Å². The Labute approximate surface area is 149 Å². The molecule has 0 radical (unpaired) electrons. The molecule has 2 aromatic carbocycles. The first kappa shape index (κ1) is 16.1. The first-order chi connectivity index (χ1) is 12.6. The van der Waals surface area contributed by atoms with E-state index in [1.165, 1.54) is 12.1 Å². The summed E-state index contributed by atoms with van der Waals surface area (Å²) in [4.78, 5) is 19.6. The molecule has 0 saturated carbocycles. The highest BCUT2D eigenvalue weighted by molar-refractivity contribution is 5.96. The fraction of sp³-hybridized carbons (Fsp3) is 0.100. The van der Waals surface area contributed by atoms with E-state index in [4.69, 9.17) is 0 Å². The van der Waals surface area contributed by atoms with Gasteiger partial charge in [-0.05, 0) is 55.0 Å². The minimum atomic E-state index is -0.312. The molecule has 0 bridgehead atoms. The van der Waals surface area contributed by atoms with Crippen LogP contribution in [-0.2, 0) is 11.2 Å². The Kier molecular flexibility index (Phi) is 4.01. The van der Waals surface area contributed by atoms with Crippen LogP contribution in [0.5, 0.6) is 0 Å². The van der Waals surface area contributed by atoms with Gasteiger partial charge in [-0.2, -0.15) is 0 Å². The van der Waals surface area contributed by atoms with Crippen molar-refractivity contribution in [1.82, 2.24) is 14.5 Å². The summed E-state index contributed by atoms with van der Waals surface area (Å²) in [6.07, 6.45) is 5.46. The van der Waals surface area contributed by atoms with Gasteiger partial charge < -0.3 is 14.9 Å². The van der Waals surface area contributed by atoms with Crippen molar-refractivity contribution in [2.75, 3.05) is 5.32 Å². The molecule has 5 nitrogen and oxygen atoms in total. The molecule has 0 spiro atoms. The predicted molar refractivity (Wildman–Crippen MR) is 98.9 cm³/mol. The molecule has 4 aromatic rings. The number of rotatable bonds is 4. The minimum absolute atomic E-state index is 0.145. The van der Waals surface area contributed by atoms with Crippen LogP contribution in [0.1, 0.15) is 11.3 Å². The van der Waals surface area contributed by atoms with Gasteiger partial charge >= 0.3 is 0 Å². The average molecular weight is 348 g/mol. The number of nitrogens with zero attached hydrogens (tertiary/aromatic N) is 2. The molecule has 0 aliphatic heterocycles. The fourth-order valence-electron chi connectivity index (χ4n) is 3.08. The zero-order valence-electron chi connectivity index (χ0n) is 14.2. The zero-order valence-corrected chi connectivity index (χ0v) is 14.2. The summed E-state index contributed by atoms with van der Waals surface area (Å²) in [5.41, 5.74) is 4.19. The largest absolute Gasteiger partial charge is 0.358 e. The summed E-state index contributed by atoms with van der Waals surface area (Å²) < 4.78 is 15.4. The minimum Gasteiger partial charge on any atom is -0.358 e. The second-order valence-electron chi connectivity index (χ2n) is 6.16. The number of hydrogen-bond acceptors (Lipinski definition) is 2. The number of aromatic amines is 1. The number of hydrogen-bond donors (Lipinski definition) is 2. The molecule has 0 atom stereocenters. The quantitative estimate of drug-likeness (QED) is 0.586. The maximum atomic E-state index is 13.5. The van der Waals surface area contributed by atoms with Crippen LogP contribution in [-0.4, -0.2) is 20.4 Å². The highest BCUT2D eigenvalue weighted by Crippen LogP contribution is 2.24. The number of anilines is 1. The lowest BCUT2D eigenvalue weighted by Gasteiger charge is -2.07. The summed E-state index contributed by atoms with van der Waals surface area (Å²) >= 11 is 0. The third kappa shape index (κ3) is 3.09. The Morgan fingerprint density at radius 3 is 2.77 bits per heavy atom. The first-order valence-electron chi connectivity index (χ1n) is 8.25. The third-order valence-electron chi connectivity index (χ3n) is 4.37. The van der Waals surface area contributed by atoms with Gasteiger partial charge in [0, 0.05) is 40.4 Å². The molecule has 1 amide bonds. The van der Waals surface area contributed by atoms with Crippen LogP contribution >= 0.6 is 0 Å². The number of amides is 1. The van der Waals surface area contributed by atoms with Crippen LogP contribution in [0.2, 0.25) is 0 Å². The fourth-order valence-corrected chi connectivity index (χ4v) is 3.08. The van der Waals surface area contributed by atoms with Crippen LogP contribution in [0, 0.1) is 12.7 Å². The van der Waals surface area contributed by atoms with Crippen molar-refractivity contribution < 1.29 is 9.18 Å². The van der Waals surface area contributed by atoms with Crippen LogP contribution in [0.4, 0.5) is 10.1 Å². The molecule has 4 rings (SSSR count). The number of fused-ring (bicyclic) bond motifs is 1. The lowest BCUT2D eigenvalue weighted by atomic mass is 10.1. The van der Waals surface area contributed by atoms with Crippen LogP contribution in [0.15, 0.2) is 61.2 Å². The topological polar surface area (TPSA) is 62.7 Å². The Bertz CT molecular complexity index is 1070. The number of carbonyl (C=O) groups excluding carboxylic acids is 1. The molecular formula is C20H17FN4O. The summed E-state index contributed by atoms with van der Waals surface area (Å²) in [6.45, 7) is 1.89. The predicted octanol–water partition coefficient (Wildman–Crippen LogP) is 3.98. The van der Waals surface area contributed by atoms with Crippen LogP contribution in [0.25, 0.3) is 16.6 Å². The standard InChI is InChI=1S/C20H17FN4O/c1-13-17(18-10-14(21)2-7-19(18)23-13)11-20(26)24-15-3-5-16(6-4-15)25-9-8-22-12-25/h2-10,12,23H,11H2,1H3,(H,24,26). The van der Waals surface area contributed by atoms with Crippen molar-refractivity contribution in [3.05, 3.63) is 78.3 Å². The average Bonchev–Trinajstić information content (AvgIpc) is 3.25. The molecule has 6 heteroatoms. The molecule has 130 valence electrons. The molecule has 0 unspecified atom stereocenters. The maximum Gasteiger partial charge on any atom is 0.228 e. The number of aromatic nitrogens is 3. The Hall–Kier alpha value is -3.41. The smallest absolute Gasteiger partial charge is 0.228 e. The number of benzene rings is 2. The van der Waals surface area contributed by atoms with E-state index in [0.717, 1.165) is 27.8 Å². The lowest BCUT2D eigenvalue weighted by Crippen LogP contribution is -2.14. The highest BCUT2D eigenvalue weighted by atomic mass is 19.1. The Morgan fingerprint density at radius 1 is 1.23 bits per heavy atom. The van der Waals surface area contributed by atoms with Gasteiger partial charge in [0.2, 0.25) is 5.91 Å². The van der Waals surface area contributed by atoms with Crippen LogP contribution in [0.3, 0.4) is 0 Å². The molecule has 2 aromatic heterocycles. The van der Waals surface area contributed by atoms with E-state index < -0.39 is 0 Å². The number of H-pyrrole nitrogens is 1. The van der Waals surface area contributed by atoms with E-state index in [1.807, 2.05) is 42.0 Å². The van der Waals surface area contributed by atoms with E-state index in [1.54, 1.807) is 18.6 Å². The summed E-state index contributed by atoms with van der Waals surface area (Å²) in [5.74, 6) is -0.457. The van der Waals surface area contributed by atoms with Gasteiger partial charge in [-0.25, -0.2) is 9.37 Å². The number of halogens is 1. The highest BCUT2D eigenvalue weighted by Gasteiger charge is 2.13. The normalized spacial score (nSPS) is 11.0. The van der Waals surface area contributed by atoms with E-state index in [9.17, 15) is 9.18 Å². The molecule has 2 N–H and O–H groups in total. The molecule has 0 fully saturated rings. The Morgan fingerprint density at radius 2 is 2.04 bits per heavy atom.